The Balaban J connectivity index is 0.00000225. The number of nitriles is 1. The van der Waals surface area contributed by atoms with Crippen LogP contribution < -0.4 is 15.4 Å². The average molecular weight is 366 g/mol. The molecule has 7 nitrogen and oxygen atoms in total. The Hall–Kier alpha value is -2.01. The third-order valence-corrected chi connectivity index (χ3v) is 4.16. The summed E-state index contributed by atoms with van der Waals surface area (Å²) in [5.41, 5.74) is 7.32. The molecule has 3 rings (SSSR count). The highest BCUT2D eigenvalue weighted by atomic mass is 35.5. The number of anilines is 1. The third kappa shape index (κ3) is 4.34. The molecule has 1 fully saturated rings. The molecule has 1 saturated heterocycles. The van der Waals surface area contributed by atoms with Gasteiger partial charge in [0.1, 0.15) is 23.9 Å². The maximum atomic E-state index is 9.87. The van der Waals surface area contributed by atoms with Crippen molar-refractivity contribution in [1.82, 2.24) is 9.61 Å². The summed E-state index contributed by atoms with van der Waals surface area (Å²) in [6, 6.07) is 4.34. The molecule has 3 N–H and O–H groups in total. The van der Waals surface area contributed by atoms with Gasteiger partial charge in [-0.15, -0.1) is 12.4 Å². The van der Waals surface area contributed by atoms with Gasteiger partial charge in [0.25, 0.3) is 0 Å². The van der Waals surface area contributed by atoms with Crippen LogP contribution in [0.3, 0.4) is 0 Å². The zero-order chi connectivity index (χ0) is 17.3. The van der Waals surface area contributed by atoms with Crippen LogP contribution in [0.4, 0.5) is 5.69 Å². The number of rotatable bonds is 4. The second-order valence-corrected chi connectivity index (χ2v) is 6.95. The second kappa shape index (κ2) is 7.48. The standard InChI is InChI=1S/C17H23N5O2.ClH/c1-17(2,23)11-24-14-7-15(21-5-3-13(19)4-6-21)16-12(8-18)9-20-22(16)10-14;/h7,9-10,13,23H,3-6,11,19H2,1-2H3;1H. The van der Waals surface area contributed by atoms with Crippen LogP contribution >= 0.6 is 12.4 Å². The molecular formula is C17H24ClN5O2. The van der Waals surface area contributed by atoms with Gasteiger partial charge in [0, 0.05) is 25.2 Å². The van der Waals surface area contributed by atoms with Crippen LogP contribution in [0.15, 0.2) is 18.5 Å². The fourth-order valence-electron chi connectivity index (χ4n) is 2.88. The van der Waals surface area contributed by atoms with Crippen LogP contribution in [-0.4, -0.2) is 46.1 Å². The van der Waals surface area contributed by atoms with Crippen LogP contribution in [0.1, 0.15) is 32.3 Å². The van der Waals surface area contributed by atoms with E-state index >= 15 is 0 Å². The van der Waals surface area contributed by atoms with E-state index in [-0.39, 0.29) is 25.1 Å². The first-order valence-corrected chi connectivity index (χ1v) is 8.14. The van der Waals surface area contributed by atoms with Gasteiger partial charge in [-0.2, -0.15) is 10.4 Å². The van der Waals surface area contributed by atoms with E-state index in [2.05, 4.69) is 16.1 Å². The molecule has 2 aromatic heterocycles. The Labute approximate surface area is 153 Å². The first-order chi connectivity index (χ1) is 11.4. The van der Waals surface area contributed by atoms with E-state index in [1.807, 2.05) is 6.07 Å². The Kier molecular flexibility index (Phi) is 5.78. The summed E-state index contributed by atoms with van der Waals surface area (Å²) in [6.45, 7) is 5.24. The van der Waals surface area contributed by atoms with Gasteiger partial charge in [-0.3, -0.25) is 0 Å². The molecular weight excluding hydrogens is 342 g/mol. The van der Waals surface area contributed by atoms with Crippen LogP contribution in [0.5, 0.6) is 5.75 Å². The number of piperidine rings is 1. The van der Waals surface area contributed by atoms with Crippen LogP contribution in [0, 0.1) is 11.3 Å². The van der Waals surface area contributed by atoms with Crippen molar-refractivity contribution in [3.8, 4) is 11.8 Å². The van der Waals surface area contributed by atoms with Crippen molar-refractivity contribution in [1.29, 1.82) is 5.26 Å². The fourth-order valence-corrected chi connectivity index (χ4v) is 2.88. The Morgan fingerprint density at radius 3 is 2.72 bits per heavy atom. The smallest absolute Gasteiger partial charge is 0.139 e. The van der Waals surface area contributed by atoms with Crippen molar-refractivity contribution in [2.45, 2.75) is 38.3 Å². The number of hydrogen-bond donors (Lipinski definition) is 2. The highest BCUT2D eigenvalue weighted by Crippen LogP contribution is 2.31. The summed E-state index contributed by atoms with van der Waals surface area (Å²) >= 11 is 0. The van der Waals surface area contributed by atoms with Crippen LogP contribution in [0.2, 0.25) is 0 Å². The fraction of sp³-hybridized carbons (Fsp3) is 0.529. The van der Waals surface area contributed by atoms with E-state index in [0.29, 0.717) is 11.3 Å². The summed E-state index contributed by atoms with van der Waals surface area (Å²) in [7, 11) is 0. The number of hydrogen-bond acceptors (Lipinski definition) is 6. The number of aliphatic hydroxyl groups is 1. The minimum absolute atomic E-state index is 0. The molecule has 0 saturated carbocycles. The van der Waals surface area contributed by atoms with Crippen LogP contribution in [0.25, 0.3) is 5.52 Å². The Morgan fingerprint density at radius 1 is 1.44 bits per heavy atom. The molecule has 0 aliphatic carbocycles. The van der Waals surface area contributed by atoms with Crippen molar-refractivity contribution < 1.29 is 9.84 Å². The van der Waals surface area contributed by atoms with E-state index in [9.17, 15) is 10.4 Å². The molecule has 0 amide bonds. The van der Waals surface area contributed by atoms with Crippen molar-refractivity contribution in [2.24, 2.45) is 5.73 Å². The summed E-state index contributed by atoms with van der Waals surface area (Å²) in [4.78, 5) is 2.22. The molecule has 25 heavy (non-hydrogen) atoms. The molecule has 0 atom stereocenters. The Bertz CT molecular complexity index is 770. The van der Waals surface area contributed by atoms with E-state index in [1.54, 1.807) is 30.8 Å². The first-order valence-electron chi connectivity index (χ1n) is 8.14. The molecule has 1 aliphatic heterocycles. The molecule has 0 unspecified atom stereocenters. The second-order valence-electron chi connectivity index (χ2n) is 6.95. The maximum absolute atomic E-state index is 9.87. The van der Waals surface area contributed by atoms with Crippen molar-refractivity contribution in [2.75, 3.05) is 24.6 Å². The summed E-state index contributed by atoms with van der Waals surface area (Å²) in [5, 5.41) is 23.5. The number of nitrogens with zero attached hydrogens (tertiary/aromatic N) is 4. The topological polar surface area (TPSA) is 99.8 Å². The molecule has 3 heterocycles. The van der Waals surface area contributed by atoms with E-state index < -0.39 is 5.60 Å². The zero-order valence-electron chi connectivity index (χ0n) is 14.5. The van der Waals surface area contributed by atoms with E-state index in [1.165, 1.54) is 0 Å². The molecule has 0 spiro atoms. The highest BCUT2D eigenvalue weighted by Gasteiger charge is 2.22. The molecule has 2 aromatic rings. The summed E-state index contributed by atoms with van der Waals surface area (Å²) in [6.07, 6.45) is 5.13. The lowest BCUT2D eigenvalue weighted by atomic mass is 10.0. The number of pyridine rings is 1. The minimum atomic E-state index is -0.922. The SMILES string of the molecule is CC(C)(O)COc1cc(N2CCC(N)CC2)c2c(C#N)cnn2c1.Cl. The Morgan fingerprint density at radius 2 is 2.12 bits per heavy atom. The largest absolute Gasteiger partial charge is 0.489 e. The number of nitrogens with two attached hydrogens (primary N) is 1. The van der Waals surface area contributed by atoms with Gasteiger partial charge in [0.15, 0.2) is 0 Å². The predicted molar refractivity (Wildman–Crippen MR) is 98.4 cm³/mol. The van der Waals surface area contributed by atoms with Gasteiger partial charge in [-0.05, 0) is 26.7 Å². The van der Waals surface area contributed by atoms with Crippen LogP contribution in [-0.2, 0) is 0 Å². The molecule has 0 radical (unpaired) electrons. The molecule has 136 valence electrons. The average Bonchev–Trinajstić information content (AvgIpc) is 2.95. The quantitative estimate of drug-likeness (QED) is 0.855. The van der Waals surface area contributed by atoms with Gasteiger partial charge in [-0.25, -0.2) is 4.52 Å². The molecule has 0 aromatic carbocycles. The highest BCUT2D eigenvalue weighted by molar-refractivity contribution is 5.85. The lowest BCUT2D eigenvalue weighted by Crippen LogP contribution is -2.39. The maximum Gasteiger partial charge on any atom is 0.139 e. The van der Waals surface area contributed by atoms with Crippen molar-refractivity contribution in [3.63, 3.8) is 0 Å². The van der Waals surface area contributed by atoms with Gasteiger partial charge < -0.3 is 20.5 Å². The molecule has 8 heteroatoms. The molecule has 1 aliphatic rings. The lowest BCUT2D eigenvalue weighted by molar-refractivity contribution is 0.0283. The summed E-state index contributed by atoms with van der Waals surface area (Å²) in [5.74, 6) is 0.613. The van der Waals surface area contributed by atoms with E-state index in [0.717, 1.165) is 37.1 Å². The van der Waals surface area contributed by atoms with Crippen molar-refractivity contribution in [3.05, 3.63) is 24.0 Å². The molecule has 0 bridgehead atoms. The predicted octanol–water partition coefficient (Wildman–Crippen LogP) is 1.70. The third-order valence-electron chi connectivity index (χ3n) is 4.16. The first kappa shape index (κ1) is 19.3. The van der Waals surface area contributed by atoms with Gasteiger partial charge in [-0.1, -0.05) is 0 Å². The number of halogens is 1. The summed E-state index contributed by atoms with van der Waals surface area (Å²) < 4.78 is 7.40. The van der Waals surface area contributed by atoms with Gasteiger partial charge in [0.2, 0.25) is 0 Å². The van der Waals surface area contributed by atoms with Crippen molar-refractivity contribution >= 4 is 23.6 Å². The van der Waals surface area contributed by atoms with E-state index in [4.69, 9.17) is 10.5 Å². The lowest BCUT2D eigenvalue weighted by Gasteiger charge is -2.32. The number of fused-ring (bicyclic) bond motifs is 1. The zero-order valence-corrected chi connectivity index (χ0v) is 15.3. The monoisotopic (exact) mass is 365 g/mol. The normalized spacial score (nSPS) is 15.7. The minimum Gasteiger partial charge on any atom is -0.489 e. The number of aromatic nitrogens is 2. The van der Waals surface area contributed by atoms with Gasteiger partial charge >= 0.3 is 0 Å². The number of ether oxygens (including phenoxy) is 1. The van der Waals surface area contributed by atoms with Gasteiger partial charge in [0.05, 0.1) is 29.2 Å².